The van der Waals surface area contributed by atoms with E-state index in [2.05, 4.69) is 24.0 Å². The number of rotatable bonds is 6. The highest BCUT2D eigenvalue weighted by atomic mass is 16.6. The molecule has 0 radical (unpaired) electrons. The summed E-state index contributed by atoms with van der Waals surface area (Å²) < 4.78 is 16.2. The predicted octanol–water partition coefficient (Wildman–Crippen LogP) is 1.32. The van der Waals surface area contributed by atoms with Crippen LogP contribution in [0.25, 0.3) is 0 Å². The van der Waals surface area contributed by atoms with Crippen molar-refractivity contribution < 1.29 is 14.0 Å². The van der Waals surface area contributed by atoms with Gasteiger partial charge in [-0.2, -0.15) is 4.98 Å². The lowest BCUT2D eigenvalue weighted by atomic mass is 9.94. The van der Waals surface area contributed by atoms with Gasteiger partial charge >= 0.3 is 0 Å². The van der Waals surface area contributed by atoms with Gasteiger partial charge in [-0.15, -0.1) is 0 Å². The molecular formula is C13H23N3O3. The largest absolute Gasteiger partial charge is 0.376 e. The Labute approximate surface area is 113 Å². The van der Waals surface area contributed by atoms with Gasteiger partial charge in [0.2, 0.25) is 11.7 Å². The fraction of sp³-hybridized carbons (Fsp3) is 0.846. The van der Waals surface area contributed by atoms with Gasteiger partial charge < -0.3 is 19.7 Å². The van der Waals surface area contributed by atoms with Gasteiger partial charge in [-0.1, -0.05) is 19.0 Å². The van der Waals surface area contributed by atoms with Crippen molar-refractivity contribution in [2.45, 2.75) is 32.8 Å². The van der Waals surface area contributed by atoms with Gasteiger partial charge in [-0.25, -0.2) is 0 Å². The normalized spacial score (nSPS) is 21.8. The maximum atomic E-state index is 5.78. The second-order valence-corrected chi connectivity index (χ2v) is 5.42. The van der Waals surface area contributed by atoms with Crippen LogP contribution in [0.2, 0.25) is 0 Å². The molecule has 1 aromatic heterocycles. The lowest BCUT2D eigenvalue weighted by Crippen LogP contribution is -2.23. The number of nitrogens with two attached hydrogens (primary N) is 1. The molecule has 0 aliphatic carbocycles. The number of hydrogen-bond acceptors (Lipinski definition) is 6. The van der Waals surface area contributed by atoms with Crippen molar-refractivity contribution in [2.24, 2.45) is 17.6 Å². The maximum Gasteiger partial charge on any atom is 0.227 e. The molecule has 0 spiro atoms. The van der Waals surface area contributed by atoms with Crippen LogP contribution in [0.4, 0.5) is 0 Å². The summed E-state index contributed by atoms with van der Waals surface area (Å²) in [6, 6.07) is 0. The molecule has 0 saturated carbocycles. The number of aromatic nitrogens is 2. The minimum absolute atomic E-state index is 0.201. The van der Waals surface area contributed by atoms with Gasteiger partial charge in [0.15, 0.2) is 0 Å². The van der Waals surface area contributed by atoms with Crippen molar-refractivity contribution in [3.8, 4) is 0 Å². The van der Waals surface area contributed by atoms with E-state index in [1.807, 2.05) is 0 Å². The molecule has 0 amide bonds. The zero-order valence-electron chi connectivity index (χ0n) is 11.7. The Hall–Kier alpha value is -0.980. The standard InChI is InChI=1S/C13H23N3O3/c1-9(2)5-10(7-14)6-12-15-13(16-19-12)11-8-17-3-4-18-11/h9-11H,3-8,14H2,1-2H3. The van der Waals surface area contributed by atoms with Gasteiger partial charge in [0.05, 0.1) is 19.8 Å². The molecule has 2 unspecified atom stereocenters. The second kappa shape index (κ2) is 6.98. The number of ether oxygens (including phenoxy) is 2. The van der Waals surface area contributed by atoms with Crippen molar-refractivity contribution >= 4 is 0 Å². The molecule has 2 N–H and O–H groups in total. The van der Waals surface area contributed by atoms with E-state index in [0.717, 1.165) is 12.8 Å². The zero-order chi connectivity index (χ0) is 13.7. The average molecular weight is 269 g/mol. The highest BCUT2D eigenvalue weighted by Crippen LogP contribution is 2.20. The topological polar surface area (TPSA) is 83.4 Å². The summed E-state index contributed by atoms with van der Waals surface area (Å²) >= 11 is 0. The van der Waals surface area contributed by atoms with E-state index in [4.69, 9.17) is 19.7 Å². The van der Waals surface area contributed by atoms with Crippen LogP contribution in [0.1, 0.15) is 38.1 Å². The Balaban J connectivity index is 1.92. The second-order valence-electron chi connectivity index (χ2n) is 5.42. The Morgan fingerprint density at radius 1 is 1.37 bits per heavy atom. The SMILES string of the molecule is CC(C)CC(CN)Cc1nc(C2COCCO2)no1. The maximum absolute atomic E-state index is 5.78. The molecule has 0 bridgehead atoms. The molecule has 2 atom stereocenters. The molecule has 1 aromatic rings. The van der Waals surface area contributed by atoms with Crippen molar-refractivity contribution in [2.75, 3.05) is 26.4 Å². The summed E-state index contributed by atoms with van der Waals surface area (Å²) in [7, 11) is 0. The lowest BCUT2D eigenvalue weighted by molar-refractivity contribution is -0.0941. The Morgan fingerprint density at radius 2 is 2.21 bits per heavy atom. The summed E-state index contributed by atoms with van der Waals surface area (Å²) in [5.74, 6) is 2.22. The molecule has 108 valence electrons. The van der Waals surface area contributed by atoms with Crippen LogP contribution < -0.4 is 5.73 Å². The van der Waals surface area contributed by atoms with Gasteiger partial charge in [-0.3, -0.25) is 0 Å². The zero-order valence-corrected chi connectivity index (χ0v) is 11.7. The third kappa shape index (κ3) is 4.26. The van der Waals surface area contributed by atoms with Gasteiger partial charge in [0.25, 0.3) is 0 Å². The fourth-order valence-electron chi connectivity index (χ4n) is 2.30. The van der Waals surface area contributed by atoms with Crippen LogP contribution in [-0.2, 0) is 15.9 Å². The van der Waals surface area contributed by atoms with Gasteiger partial charge in [-0.05, 0) is 24.8 Å². The molecule has 6 heteroatoms. The van der Waals surface area contributed by atoms with Crippen molar-refractivity contribution in [1.82, 2.24) is 10.1 Å². The highest BCUT2D eigenvalue weighted by molar-refractivity contribution is 4.93. The summed E-state index contributed by atoms with van der Waals surface area (Å²) in [6.45, 7) is 6.71. The number of nitrogens with zero attached hydrogens (tertiary/aromatic N) is 2. The van der Waals surface area contributed by atoms with Gasteiger partial charge in [0.1, 0.15) is 6.10 Å². The highest BCUT2D eigenvalue weighted by Gasteiger charge is 2.23. The van der Waals surface area contributed by atoms with Crippen LogP contribution in [0.5, 0.6) is 0 Å². The molecule has 1 aliphatic heterocycles. The average Bonchev–Trinajstić information content (AvgIpc) is 2.87. The van der Waals surface area contributed by atoms with Crippen LogP contribution in [0, 0.1) is 11.8 Å². The molecule has 2 heterocycles. The van der Waals surface area contributed by atoms with E-state index < -0.39 is 0 Å². The molecule has 6 nitrogen and oxygen atoms in total. The van der Waals surface area contributed by atoms with Crippen molar-refractivity contribution in [3.63, 3.8) is 0 Å². The Kier molecular flexibility index (Phi) is 5.30. The van der Waals surface area contributed by atoms with Crippen LogP contribution >= 0.6 is 0 Å². The molecule has 19 heavy (non-hydrogen) atoms. The third-order valence-electron chi connectivity index (χ3n) is 3.19. The summed E-state index contributed by atoms with van der Waals surface area (Å²) in [6.07, 6.45) is 1.60. The quantitative estimate of drug-likeness (QED) is 0.838. The monoisotopic (exact) mass is 269 g/mol. The minimum Gasteiger partial charge on any atom is -0.376 e. The van der Waals surface area contributed by atoms with E-state index in [0.29, 0.717) is 49.9 Å². The Morgan fingerprint density at radius 3 is 2.84 bits per heavy atom. The molecular weight excluding hydrogens is 246 g/mol. The molecule has 1 saturated heterocycles. The lowest BCUT2D eigenvalue weighted by Gasteiger charge is -2.19. The summed E-state index contributed by atoms with van der Waals surface area (Å²) in [5, 5.41) is 3.97. The van der Waals surface area contributed by atoms with E-state index >= 15 is 0 Å². The van der Waals surface area contributed by atoms with E-state index in [9.17, 15) is 0 Å². The first kappa shape index (κ1) is 14.4. The van der Waals surface area contributed by atoms with Crippen LogP contribution in [0.3, 0.4) is 0 Å². The predicted molar refractivity (Wildman–Crippen MR) is 69.5 cm³/mol. The Bertz CT molecular complexity index is 375. The van der Waals surface area contributed by atoms with E-state index in [1.165, 1.54) is 0 Å². The third-order valence-corrected chi connectivity index (χ3v) is 3.19. The smallest absolute Gasteiger partial charge is 0.227 e. The first-order valence-electron chi connectivity index (χ1n) is 6.91. The summed E-state index contributed by atoms with van der Waals surface area (Å²) in [4.78, 5) is 4.39. The van der Waals surface area contributed by atoms with Crippen LogP contribution in [-0.4, -0.2) is 36.5 Å². The fourth-order valence-corrected chi connectivity index (χ4v) is 2.30. The molecule has 1 fully saturated rings. The molecule has 0 aromatic carbocycles. The van der Waals surface area contributed by atoms with E-state index in [1.54, 1.807) is 0 Å². The van der Waals surface area contributed by atoms with Gasteiger partial charge in [0, 0.05) is 6.42 Å². The number of hydrogen-bond donors (Lipinski definition) is 1. The minimum atomic E-state index is -0.201. The van der Waals surface area contributed by atoms with Crippen molar-refractivity contribution in [1.29, 1.82) is 0 Å². The van der Waals surface area contributed by atoms with E-state index in [-0.39, 0.29) is 6.10 Å². The molecule has 1 aliphatic rings. The van der Waals surface area contributed by atoms with Crippen LogP contribution in [0.15, 0.2) is 4.52 Å². The van der Waals surface area contributed by atoms with Crippen molar-refractivity contribution in [3.05, 3.63) is 11.7 Å². The molecule has 2 rings (SSSR count). The first-order chi connectivity index (χ1) is 9.19. The first-order valence-corrected chi connectivity index (χ1v) is 6.91. The summed E-state index contributed by atoms with van der Waals surface area (Å²) in [5.41, 5.74) is 5.78.